The topological polar surface area (TPSA) is 3.24 Å². The summed E-state index contributed by atoms with van der Waals surface area (Å²) in [5.74, 6) is 0.168. The van der Waals surface area contributed by atoms with Gasteiger partial charge in [-0.1, -0.05) is 6.07 Å². The smallest absolute Gasteiger partial charge is 0.298 e. The van der Waals surface area contributed by atoms with Crippen LogP contribution in [0.5, 0.6) is 0 Å². The Morgan fingerprint density at radius 2 is 1.90 bits per heavy atom. The molecule has 1 unspecified atom stereocenters. The van der Waals surface area contributed by atoms with Gasteiger partial charge in [0.25, 0.3) is 0 Å². The third kappa shape index (κ3) is 3.54. The average Bonchev–Trinajstić information content (AvgIpc) is 2.37. The largest absolute Gasteiger partial charge is 0.416 e. The second kappa shape index (κ2) is 5.40. The zero-order valence-electron chi connectivity index (χ0n) is 12.2. The van der Waals surface area contributed by atoms with Gasteiger partial charge in [0.1, 0.15) is 0 Å². The molecule has 1 nitrogen and oxygen atoms in total. The highest BCUT2D eigenvalue weighted by atomic mass is 19.4. The van der Waals surface area contributed by atoms with Crippen LogP contribution in [0.15, 0.2) is 18.2 Å². The molecule has 1 aliphatic rings. The first-order valence-corrected chi connectivity index (χ1v) is 7.01. The van der Waals surface area contributed by atoms with Crippen LogP contribution in [0.2, 0.25) is 0 Å². The first-order valence-electron chi connectivity index (χ1n) is 7.01. The van der Waals surface area contributed by atoms with Gasteiger partial charge in [0, 0.05) is 12.1 Å². The third-order valence-electron chi connectivity index (χ3n) is 3.98. The van der Waals surface area contributed by atoms with Crippen molar-refractivity contribution in [1.82, 2.24) is 4.90 Å². The van der Waals surface area contributed by atoms with E-state index in [-0.39, 0.29) is 11.5 Å². The van der Waals surface area contributed by atoms with Crippen molar-refractivity contribution in [1.29, 1.82) is 0 Å². The molecule has 1 aromatic carbocycles. The van der Waals surface area contributed by atoms with Gasteiger partial charge >= 0.3 is 6.18 Å². The summed E-state index contributed by atoms with van der Waals surface area (Å²) in [6.45, 7) is 8.27. The summed E-state index contributed by atoms with van der Waals surface area (Å²) in [4.78, 5) is 2.35. The highest BCUT2D eigenvalue weighted by Gasteiger charge is 2.32. The number of rotatable bonds is 1. The van der Waals surface area contributed by atoms with Crippen molar-refractivity contribution in [2.45, 2.75) is 51.2 Å². The van der Waals surface area contributed by atoms with E-state index >= 15 is 0 Å². The van der Waals surface area contributed by atoms with Crippen LogP contribution in [0.25, 0.3) is 0 Å². The Bertz CT molecular complexity index is 460. The van der Waals surface area contributed by atoms with E-state index in [1.54, 1.807) is 6.07 Å². The van der Waals surface area contributed by atoms with Crippen molar-refractivity contribution in [3.63, 3.8) is 0 Å². The molecule has 0 aliphatic carbocycles. The molecule has 1 aliphatic heterocycles. The summed E-state index contributed by atoms with van der Waals surface area (Å²) in [6.07, 6.45) is -2.31. The van der Waals surface area contributed by atoms with Crippen molar-refractivity contribution in [3.8, 4) is 0 Å². The number of likely N-dealkylation sites (tertiary alicyclic amines) is 1. The normalized spacial score (nSPS) is 22.0. The molecule has 1 radical (unpaired) electrons. The molecule has 0 N–H and O–H groups in total. The molecule has 0 bridgehead atoms. The minimum atomic E-state index is -4.29. The number of piperidine rings is 1. The van der Waals surface area contributed by atoms with Crippen LogP contribution in [-0.4, -0.2) is 23.5 Å². The average molecular weight is 284 g/mol. The van der Waals surface area contributed by atoms with Gasteiger partial charge < -0.3 is 0 Å². The fourth-order valence-electron chi connectivity index (χ4n) is 2.75. The number of benzene rings is 1. The Morgan fingerprint density at radius 3 is 2.50 bits per heavy atom. The molecule has 1 saturated heterocycles. The van der Waals surface area contributed by atoms with Crippen LogP contribution in [0, 0.1) is 6.07 Å². The highest BCUT2D eigenvalue weighted by molar-refractivity contribution is 5.28. The van der Waals surface area contributed by atoms with Crippen LogP contribution < -0.4 is 0 Å². The van der Waals surface area contributed by atoms with Crippen molar-refractivity contribution >= 4 is 0 Å². The molecular formula is C16H21F3N. The molecule has 1 fully saturated rings. The van der Waals surface area contributed by atoms with Crippen molar-refractivity contribution < 1.29 is 13.2 Å². The van der Waals surface area contributed by atoms with E-state index in [9.17, 15) is 13.2 Å². The van der Waals surface area contributed by atoms with Crippen LogP contribution in [0.3, 0.4) is 0 Å². The minimum Gasteiger partial charge on any atom is -0.298 e. The summed E-state index contributed by atoms with van der Waals surface area (Å²) >= 11 is 0. The van der Waals surface area contributed by atoms with Gasteiger partial charge in [-0.2, -0.15) is 13.2 Å². The van der Waals surface area contributed by atoms with E-state index in [0.717, 1.165) is 37.6 Å². The molecule has 0 spiro atoms. The van der Waals surface area contributed by atoms with Crippen molar-refractivity contribution in [2.75, 3.05) is 13.1 Å². The van der Waals surface area contributed by atoms with Gasteiger partial charge in [-0.3, -0.25) is 4.90 Å². The summed E-state index contributed by atoms with van der Waals surface area (Å²) in [7, 11) is 0. The zero-order valence-corrected chi connectivity index (χ0v) is 12.2. The van der Waals surface area contributed by atoms with Gasteiger partial charge in [-0.25, -0.2) is 0 Å². The fourth-order valence-corrected chi connectivity index (χ4v) is 2.75. The Labute approximate surface area is 118 Å². The maximum absolute atomic E-state index is 12.8. The number of hydrogen-bond acceptors (Lipinski definition) is 1. The first-order chi connectivity index (χ1) is 9.18. The number of hydrogen-bond donors (Lipinski definition) is 0. The number of nitrogens with zero attached hydrogens (tertiary/aromatic N) is 1. The van der Waals surface area contributed by atoms with Crippen LogP contribution in [0.4, 0.5) is 13.2 Å². The van der Waals surface area contributed by atoms with Gasteiger partial charge in [-0.05, 0) is 69.8 Å². The molecule has 0 amide bonds. The maximum atomic E-state index is 12.8. The molecule has 0 saturated carbocycles. The van der Waals surface area contributed by atoms with E-state index in [4.69, 9.17) is 0 Å². The van der Waals surface area contributed by atoms with Crippen molar-refractivity contribution in [2.24, 2.45) is 0 Å². The number of halogens is 3. The fraction of sp³-hybridized carbons (Fsp3) is 0.625. The maximum Gasteiger partial charge on any atom is 0.416 e. The lowest BCUT2D eigenvalue weighted by atomic mass is 9.87. The van der Waals surface area contributed by atoms with Crippen LogP contribution >= 0.6 is 0 Å². The molecular weight excluding hydrogens is 263 g/mol. The molecule has 20 heavy (non-hydrogen) atoms. The predicted molar refractivity (Wildman–Crippen MR) is 73.6 cm³/mol. The zero-order chi connectivity index (χ0) is 15.0. The summed E-state index contributed by atoms with van der Waals surface area (Å²) in [5, 5.41) is 0. The standard InChI is InChI=1S/C16H21F3N/c1-15(2,3)20-9-5-7-13(11-20)12-6-4-8-14(10-12)16(17,18)19/h6,8,10,13H,5,7,9,11H2,1-3H3. The molecule has 1 heterocycles. The molecule has 2 rings (SSSR count). The second-order valence-electron chi connectivity index (χ2n) is 6.51. The summed E-state index contributed by atoms with van der Waals surface area (Å²) in [5.41, 5.74) is 0.223. The third-order valence-corrected chi connectivity index (χ3v) is 3.98. The molecule has 0 aromatic heterocycles. The Hall–Kier alpha value is -1.03. The SMILES string of the molecule is CC(C)(C)N1CCCC(c2c[c]cc(C(F)(F)F)c2)C1. The molecule has 1 atom stereocenters. The van der Waals surface area contributed by atoms with Gasteiger partial charge in [-0.15, -0.1) is 0 Å². The Morgan fingerprint density at radius 1 is 1.20 bits per heavy atom. The van der Waals surface area contributed by atoms with Gasteiger partial charge in [0.2, 0.25) is 0 Å². The van der Waals surface area contributed by atoms with E-state index in [2.05, 4.69) is 31.7 Å². The lowest BCUT2D eigenvalue weighted by Crippen LogP contribution is -2.46. The Balaban J connectivity index is 2.19. The molecule has 111 valence electrons. The second-order valence-corrected chi connectivity index (χ2v) is 6.51. The van der Waals surface area contributed by atoms with Crippen molar-refractivity contribution in [3.05, 3.63) is 35.4 Å². The molecule has 1 aromatic rings. The van der Waals surface area contributed by atoms with E-state index in [1.165, 1.54) is 6.07 Å². The summed E-state index contributed by atoms with van der Waals surface area (Å²) in [6, 6.07) is 6.66. The number of alkyl halides is 3. The van der Waals surface area contributed by atoms with Crippen LogP contribution in [0.1, 0.15) is 50.7 Å². The lowest BCUT2D eigenvalue weighted by molar-refractivity contribution is -0.137. The van der Waals surface area contributed by atoms with Gasteiger partial charge in [0.15, 0.2) is 0 Å². The highest BCUT2D eigenvalue weighted by Crippen LogP contribution is 2.34. The lowest BCUT2D eigenvalue weighted by Gasteiger charge is -2.41. The van der Waals surface area contributed by atoms with E-state index in [0.29, 0.717) is 0 Å². The first kappa shape index (κ1) is 15.4. The minimum absolute atomic E-state index is 0.0595. The quantitative estimate of drug-likeness (QED) is 0.734. The summed E-state index contributed by atoms with van der Waals surface area (Å²) < 4.78 is 38.3. The van der Waals surface area contributed by atoms with E-state index < -0.39 is 11.7 Å². The monoisotopic (exact) mass is 284 g/mol. The predicted octanol–water partition coefficient (Wildman–Crippen LogP) is 4.48. The van der Waals surface area contributed by atoms with Crippen LogP contribution in [-0.2, 0) is 6.18 Å². The van der Waals surface area contributed by atoms with E-state index in [1.807, 2.05) is 0 Å². The Kier molecular flexibility index (Phi) is 4.14. The van der Waals surface area contributed by atoms with Gasteiger partial charge in [0.05, 0.1) is 5.56 Å². The molecule has 4 heteroatoms.